The largest absolute Gasteiger partial charge is 0.393 e. The number of piperidine rings is 1. The van der Waals surface area contributed by atoms with Gasteiger partial charge in [-0.25, -0.2) is 0 Å². The molecule has 0 spiro atoms. The Morgan fingerprint density at radius 3 is 2.70 bits per heavy atom. The first-order valence-electron chi connectivity index (χ1n) is 7.18. The zero-order valence-corrected chi connectivity index (χ0v) is 13.6. The quantitative estimate of drug-likeness (QED) is 0.918. The first kappa shape index (κ1) is 15.5. The number of carbonyl (C=O) groups is 1. The van der Waals surface area contributed by atoms with Gasteiger partial charge in [-0.1, -0.05) is 41.9 Å². The molecule has 3 unspecified atom stereocenters. The summed E-state index contributed by atoms with van der Waals surface area (Å²) in [5, 5.41) is 9.72. The fourth-order valence-electron chi connectivity index (χ4n) is 2.66. The summed E-state index contributed by atoms with van der Waals surface area (Å²) < 4.78 is 1.05. The Hall–Kier alpha value is -0.870. The van der Waals surface area contributed by atoms with E-state index in [9.17, 15) is 9.90 Å². The second-order valence-electron chi connectivity index (χ2n) is 5.83. The lowest BCUT2D eigenvalue weighted by Crippen LogP contribution is -2.45. The molecule has 1 aromatic carbocycles. The molecule has 0 aliphatic carbocycles. The molecule has 1 amide bonds. The highest BCUT2D eigenvalue weighted by atomic mass is 79.9. The molecular weight excluding hydrogens is 318 g/mol. The summed E-state index contributed by atoms with van der Waals surface area (Å²) in [4.78, 5) is 14.2. The standard InChI is InChI=1S/C16H22BrNO2/c1-11(13-3-5-14(17)6-4-13)9-16(20)18-8-7-15(19)12(2)10-18/h3-6,11-12,15,19H,7-10H2,1-2H3. The van der Waals surface area contributed by atoms with Crippen LogP contribution < -0.4 is 0 Å². The van der Waals surface area contributed by atoms with Gasteiger partial charge < -0.3 is 10.0 Å². The summed E-state index contributed by atoms with van der Waals surface area (Å²) in [5.74, 6) is 0.590. The van der Waals surface area contributed by atoms with E-state index >= 15 is 0 Å². The van der Waals surface area contributed by atoms with Gasteiger partial charge >= 0.3 is 0 Å². The maximum Gasteiger partial charge on any atom is 0.223 e. The molecule has 3 nitrogen and oxygen atoms in total. The van der Waals surface area contributed by atoms with E-state index in [1.807, 2.05) is 24.0 Å². The number of likely N-dealkylation sites (tertiary alicyclic amines) is 1. The number of hydrogen-bond donors (Lipinski definition) is 1. The minimum atomic E-state index is -0.261. The first-order chi connectivity index (χ1) is 9.47. The van der Waals surface area contributed by atoms with Crippen molar-refractivity contribution in [2.24, 2.45) is 5.92 Å². The Bertz CT molecular complexity index is 460. The van der Waals surface area contributed by atoms with E-state index in [1.54, 1.807) is 0 Å². The number of carbonyl (C=O) groups excluding carboxylic acids is 1. The van der Waals surface area contributed by atoms with Crippen molar-refractivity contribution in [1.29, 1.82) is 0 Å². The zero-order chi connectivity index (χ0) is 14.7. The van der Waals surface area contributed by atoms with Crippen LogP contribution in [0.5, 0.6) is 0 Å². The van der Waals surface area contributed by atoms with Crippen molar-refractivity contribution in [3.05, 3.63) is 34.3 Å². The van der Waals surface area contributed by atoms with Crippen molar-refractivity contribution < 1.29 is 9.90 Å². The summed E-state index contributed by atoms with van der Waals surface area (Å²) >= 11 is 3.42. The van der Waals surface area contributed by atoms with E-state index in [4.69, 9.17) is 0 Å². The zero-order valence-electron chi connectivity index (χ0n) is 12.1. The monoisotopic (exact) mass is 339 g/mol. The van der Waals surface area contributed by atoms with Crippen molar-refractivity contribution in [3.8, 4) is 0 Å². The highest BCUT2D eigenvalue weighted by Gasteiger charge is 2.27. The van der Waals surface area contributed by atoms with Crippen LogP contribution >= 0.6 is 15.9 Å². The van der Waals surface area contributed by atoms with Crippen LogP contribution in [0.1, 0.15) is 38.2 Å². The van der Waals surface area contributed by atoms with Gasteiger partial charge in [0, 0.05) is 24.0 Å². The van der Waals surface area contributed by atoms with Crippen LogP contribution in [0.3, 0.4) is 0 Å². The molecule has 1 saturated heterocycles. The number of nitrogens with zero attached hydrogens (tertiary/aromatic N) is 1. The van der Waals surface area contributed by atoms with Crippen molar-refractivity contribution in [1.82, 2.24) is 4.90 Å². The minimum absolute atomic E-state index is 0.177. The number of hydrogen-bond acceptors (Lipinski definition) is 2. The molecule has 0 aromatic heterocycles. The lowest BCUT2D eigenvalue weighted by atomic mass is 9.94. The van der Waals surface area contributed by atoms with Crippen LogP contribution in [-0.2, 0) is 4.79 Å². The van der Waals surface area contributed by atoms with Gasteiger partial charge in [-0.2, -0.15) is 0 Å². The van der Waals surface area contributed by atoms with Crippen molar-refractivity contribution in [2.75, 3.05) is 13.1 Å². The third kappa shape index (κ3) is 3.83. The lowest BCUT2D eigenvalue weighted by Gasteiger charge is -2.35. The van der Waals surface area contributed by atoms with E-state index in [0.717, 1.165) is 4.47 Å². The molecule has 0 bridgehead atoms. The van der Waals surface area contributed by atoms with E-state index < -0.39 is 0 Å². The Labute approximate surface area is 129 Å². The molecule has 1 N–H and O–H groups in total. The number of amides is 1. The maximum atomic E-state index is 12.3. The predicted molar refractivity (Wildman–Crippen MR) is 83.5 cm³/mol. The molecule has 110 valence electrons. The predicted octanol–water partition coefficient (Wildman–Crippen LogP) is 3.17. The van der Waals surface area contributed by atoms with E-state index in [-0.39, 0.29) is 23.8 Å². The van der Waals surface area contributed by atoms with Crippen LogP contribution in [0.25, 0.3) is 0 Å². The second kappa shape index (κ2) is 6.72. The topological polar surface area (TPSA) is 40.5 Å². The molecule has 4 heteroatoms. The highest BCUT2D eigenvalue weighted by molar-refractivity contribution is 9.10. The van der Waals surface area contributed by atoms with Gasteiger partial charge in [0.25, 0.3) is 0 Å². The summed E-state index contributed by atoms with van der Waals surface area (Å²) in [6.45, 7) is 5.44. The third-order valence-corrected chi connectivity index (χ3v) is 4.66. The number of benzene rings is 1. The highest BCUT2D eigenvalue weighted by Crippen LogP contribution is 2.24. The number of rotatable bonds is 3. The molecule has 0 saturated carbocycles. The van der Waals surface area contributed by atoms with Crippen LogP contribution in [0.2, 0.25) is 0 Å². The summed E-state index contributed by atoms with van der Waals surface area (Å²) in [6.07, 6.45) is 0.965. The molecule has 20 heavy (non-hydrogen) atoms. The SMILES string of the molecule is CC(CC(=O)N1CCC(O)C(C)C1)c1ccc(Br)cc1. The average molecular weight is 340 g/mol. The average Bonchev–Trinajstić information content (AvgIpc) is 2.42. The smallest absolute Gasteiger partial charge is 0.223 e. The molecule has 1 aromatic rings. The van der Waals surface area contributed by atoms with Gasteiger partial charge in [-0.15, -0.1) is 0 Å². The summed E-state index contributed by atoms with van der Waals surface area (Å²) in [6, 6.07) is 8.14. The molecule has 1 fully saturated rings. The van der Waals surface area contributed by atoms with E-state index in [0.29, 0.717) is 25.9 Å². The van der Waals surface area contributed by atoms with E-state index in [2.05, 4.69) is 35.0 Å². The molecule has 3 atom stereocenters. The van der Waals surface area contributed by atoms with Crippen LogP contribution in [0, 0.1) is 5.92 Å². The Kier molecular flexibility index (Phi) is 5.22. The van der Waals surface area contributed by atoms with Crippen molar-refractivity contribution in [2.45, 2.75) is 38.7 Å². The second-order valence-corrected chi connectivity index (χ2v) is 6.75. The molecule has 1 aliphatic rings. The van der Waals surface area contributed by atoms with E-state index in [1.165, 1.54) is 5.56 Å². The van der Waals surface area contributed by atoms with Crippen LogP contribution in [0.15, 0.2) is 28.7 Å². The summed E-state index contributed by atoms with van der Waals surface area (Å²) in [7, 11) is 0. The summed E-state index contributed by atoms with van der Waals surface area (Å²) in [5.41, 5.74) is 1.19. The molecule has 1 heterocycles. The molecule has 1 aliphatic heterocycles. The van der Waals surface area contributed by atoms with Gasteiger partial charge in [0.1, 0.15) is 0 Å². The fourth-order valence-corrected chi connectivity index (χ4v) is 2.92. The van der Waals surface area contributed by atoms with Gasteiger partial charge in [0.05, 0.1) is 6.10 Å². The van der Waals surface area contributed by atoms with Crippen molar-refractivity contribution >= 4 is 21.8 Å². The molecule has 2 rings (SSSR count). The third-order valence-electron chi connectivity index (χ3n) is 4.13. The fraction of sp³-hybridized carbons (Fsp3) is 0.562. The van der Waals surface area contributed by atoms with Gasteiger partial charge in [-0.3, -0.25) is 4.79 Å². The molecular formula is C16H22BrNO2. The molecule has 0 radical (unpaired) electrons. The van der Waals surface area contributed by atoms with Crippen molar-refractivity contribution in [3.63, 3.8) is 0 Å². The van der Waals surface area contributed by atoms with Crippen LogP contribution in [-0.4, -0.2) is 35.1 Å². The maximum absolute atomic E-state index is 12.3. The van der Waals surface area contributed by atoms with Gasteiger partial charge in [0.2, 0.25) is 5.91 Å². The normalized spacial score (nSPS) is 24.5. The first-order valence-corrected chi connectivity index (χ1v) is 7.98. The van der Waals surface area contributed by atoms with Gasteiger partial charge in [-0.05, 0) is 36.0 Å². The van der Waals surface area contributed by atoms with Crippen LogP contribution in [0.4, 0.5) is 0 Å². The number of aliphatic hydroxyl groups is 1. The Morgan fingerprint density at radius 1 is 1.45 bits per heavy atom. The number of aliphatic hydroxyl groups excluding tert-OH is 1. The number of halogens is 1. The lowest BCUT2D eigenvalue weighted by molar-refractivity contribution is -0.135. The minimum Gasteiger partial charge on any atom is -0.393 e. The Balaban J connectivity index is 1.92. The van der Waals surface area contributed by atoms with Gasteiger partial charge in [0.15, 0.2) is 0 Å². The Morgan fingerprint density at radius 2 is 2.10 bits per heavy atom.